The van der Waals surface area contributed by atoms with E-state index in [1.165, 1.54) is 0 Å². The molecule has 0 spiro atoms. The van der Waals surface area contributed by atoms with Crippen LogP contribution < -0.4 is 5.32 Å². The van der Waals surface area contributed by atoms with Gasteiger partial charge in [-0.05, 0) is 82.6 Å². The zero-order valence-corrected chi connectivity index (χ0v) is 19.6. The fraction of sp³-hybridized carbons (Fsp3) is 0.346. The number of carbonyl (C=O) groups excluding carboxylic acids is 1. The molecule has 0 unspecified atom stereocenters. The molecule has 0 atom stereocenters. The Balaban J connectivity index is 1.46. The molecule has 2 aromatic heterocycles. The number of aryl methyl sites for hydroxylation is 3. The third kappa shape index (κ3) is 4.04. The van der Waals surface area contributed by atoms with Gasteiger partial charge in [0.15, 0.2) is 0 Å². The predicted octanol–water partition coefficient (Wildman–Crippen LogP) is 4.87. The van der Waals surface area contributed by atoms with Crippen molar-refractivity contribution in [3.8, 4) is 11.3 Å². The molecule has 1 aliphatic rings. The average molecular weight is 443 g/mol. The number of para-hydroxylation sites is 1. The summed E-state index contributed by atoms with van der Waals surface area (Å²) in [6.45, 7) is 8.15. The second-order valence-electron chi connectivity index (χ2n) is 9.25. The first-order valence-corrected chi connectivity index (χ1v) is 11.5. The Hall–Kier alpha value is -3.45. The highest BCUT2D eigenvalue weighted by Gasteiger charge is 2.21. The maximum Gasteiger partial charge on any atom is 0.255 e. The smallest absolute Gasteiger partial charge is 0.255 e. The van der Waals surface area contributed by atoms with Crippen LogP contribution in [0.1, 0.15) is 45.9 Å². The van der Waals surface area contributed by atoms with E-state index in [1.807, 2.05) is 57.3 Å². The number of benzene rings is 2. The van der Waals surface area contributed by atoms with E-state index < -0.39 is 0 Å². The highest BCUT2D eigenvalue weighted by molar-refractivity contribution is 6.09. The number of hydrogen-bond acceptors (Lipinski definition) is 4. The molecule has 7 heteroatoms. The molecule has 4 aromatic rings. The summed E-state index contributed by atoms with van der Waals surface area (Å²) in [5, 5.41) is 16.4. The zero-order valence-electron chi connectivity index (χ0n) is 19.6. The molecule has 5 rings (SSSR count). The van der Waals surface area contributed by atoms with E-state index in [1.54, 1.807) is 0 Å². The number of nitrogens with one attached hydrogen (secondary N) is 2. The molecule has 2 N–H and O–H groups in total. The lowest BCUT2D eigenvalue weighted by Crippen LogP contribution is -2.31. The molecule has 1 fully saturated rings. The first-order chi connectivity index (χ1) is 15.9. The molecular formula is C26H30N6O. The molecule has 33 heavy (non-hydrogen) atoms. The van der Waals surface area contributed by atoms with Gasteiger partial charge in [0.25, 0.3) is 5.91 Å². The predicted molar refractivity (Wildman–Crippen MR) is 132 cm³/mol. The van der Waals surface area contributed by atoms with Crippen molar-refractivity contribution in [2.24, 2.45) is 0 Å². The van der Waals surface area contributed by atoms with E-state index in [0.29, 0.717) is 11.6 Å². The van der Waals surface area contributed by atoms with Crippen LogP contribution in [-0.2, 0) is 0 Å². The summed E-state index contributed by atoms with van der Waals surface area (Å²) in [5.74, 6) is -0.110. The van der Waals surface area contributed by atoms with Crippen molar-refractivity contribution < 1.29 is 4.79 Å². The summed E-state index contributed by atoms with van der Waals surface area (Å²) in [7, 11) is 2.16. The summed E-state index contributed by atoms with van der Waals surface area (Å²) in [6.07, 6.45) is 6.16. The summed E-state index contributed by atoms with van der Waals surface area (Å²) in [4.78, 5) is 15.6. The number of rotatable bonds is 4. The maximum absolute atomic E-state index is 13.2. The fourth-order valence-corrected chi connectivity index (χ4v) is 4.75. The minimum Gasteiger partial charge on any atom is -0.321 e. The fourth-order valence-electron chi connectivity index (χ4n) is 4.75. The van der Waals surface area contributed by atoms with Gasteiger partial charge in [-0.1, -0.05) is 18.2 Å². The number of nitrogens with zero attached hydrogens (tertiary/aromatic N) is 4. The molecular weight excluding hydrogens is 412 g/mol. The van der Waals surface area contributed by atoms with E-state index in [9.17, 15) is 4.79 Å². The lowest BCUT2D eigenvalue weighted by Gasteiger charge is -2.28. The van der Waals surface area contributed by atoms with Crippen LogP contribution >= 0.6 is 0 Å². The van der Waals surface area contributed by atoms with Crippen molar-refractivity contribution in [1.29, 1.82) is 0 Å². The van der Waals surface area contributed by atoms with Gasteiger partial charge in [0.1, 0.15) is 5.69 Å². The second-order valence-corrected chi connectivity index (χ2v) is 9.25. The Morgan fingerprint density at radius 2 is 1.82 bits per heavy atom. The minimum absolute atomic E-state index is 0.110. The van der Waals surface area contributed by atoms with Gasteiger partial charge in [0.05, 0.1) is 17.8 Å². The van der Waals surface area contributed by atoms with Crippen molar-refractivity contribution in [2.45, 2.75) is 39.7 Å². The number of piperidine rings is 1. The number of hydrogen-bond donors (Lipinski definition) is 2. The Morgan fingerprint density at radius 3 is 2.55 bits per heavy atom. The molecule has 0 bridgehead atoms. The molecule has 7 nitrogen and oxygen atoms in total. The Morgan fingerprint density at radius 1 is 1.09 bits per heavy atom. The number of carbonyl (C=O) groups is 1. The topological polar surface area (TPSA) is 78.8 Å². The summed E-state index contributed by atoms with van der Waals surface area (Å²) < 4.78 is 2.08. The van der Waals surface area contributed by atoms with Gasteiger partial charge in [0, 0.05) is 28.4 Å². The minimum atomic E-state index is -0.110. The number of fused-ring (bicyclic) bond motifs is 1. The molecule has 0 radical (unpaired) electrons. The van der Waals surface area contributed by atoms with Gasteiger partial charge in [-0.2, -0.15) is 10.2 Å². The second kappa shape index (κ2) is 8.48. The van der Waals surface area contributed by atoms with E-state index in [2.05, 4.69) is 43.4 Å². The number of anilines is 1. The van der Waals surface area contributed by atoms with Crippen molar-refractivity contribution in [3.05, 3.63) is 65.0 Å². The van der Waals surface area contributed by atoms with Gasteiger partial charge in [-0.25, -0.2) is 0 Å². The zero-order chi connectivity index (χ0) is 23.1. The van der Waals surface area contributed by atoms with Crippen molar-refractivity contribution in [1.82, 2.24) is 24.9 Å². The van der Waals surface area contributed by atoms with Crippen LogP contribution in [-0.4, -0.2) is 50.9 Å². The standard InChI is InChI=1S/C26H30N6O/c1-16-6-5-7-17(2)24(16)28-26(33)21-13-22-23(12-18(21)3)29-30-25(22)19-14-27-32(15-19)20-8-10-31(4)11-9-20/h5-7,12-15,20H,8-11H2,1-4H3,(H,28,33)(H,29,30). The molecule has 1 saturated heterocycles. The van der Waals surface area contributed by atoms with Crippen LogP contribution in [0, 0.1) is 20.8 Å². The molecule has 3 heterocycles. The lowest BCUT2D eigenvalue weighted by molar-refractivity contribution is 0.102. The summed E-state index contributed by atoms with van der Waals surface area (Å²) in [5.41, 5.74) is 7.22. The summed E-state index contributed by atoms with van der Waals surface area (Å²) in [6, 6.07) is 10.4. The van der Waals surface area contributed by atoms with Gasteiger partial charge in [0.2, 0.25) is 0 Å². The summed E-state index contributed by atoms with van der Waals surface area (Å²) >= 11 is 0. The monoisotopic (exact) mass is 442 g/mol. The van der Waals surface area contributed by atoms with Crippen LogP contribution in [0.5, 0.6) is 0 Å². The highest BCUT2D eigenvalue weighted by atomic mass is 16.1. The molecule has 1 aliphatic heterocycles. The lowest BCUT2D eigenvalue weighted by atomic mass is 10.0. The number of aromatic amines is 1. The maximum atomic E-state index is 13.2. The van der Waals surface area contributed by atoms with Crippen molar-refractivity contribution >= 4 is 22.5 Å². The highest BCUT2D eigenvalue weighted by Crippen LogP contribution is 2.31. The van der Waals surface area contributed by atoms with Crippen LogP contribution in [0.25, 0.3) is 22.2 Å². The average Bonchev–Trinajstić information content (AvgIpc) is 3.43. The molecule has 0 saturated carbocycles. The van der Waals surface area contributed by atoms with Crippen LogP contribution in [0.4, 0.5) is 5.69 Å². The van der Waals surface area contributed by atoms with E-state index >= 15 is 0 Å². The van der Waals surface area contributed by atoms with E-state index in [-0.39, 0.29) is 5.91 Å². The van der Waals surface area contributed by atoms with Gasteiger partial charge >= 0.3 is 0 Å². The molecule has 0 aliphatic carbocycles. The number of likely N-dealkylation sites (tertiary alicyclic amines) is 1. The van der Waals surface area contributed by atoms with Gasteiger partial charge < -0.3 is 10.2 Å². The van der Waals surface area contributed by atoms with Crippen molar-refractivity contribution in [3.63, 3.8) is 0 Å². The first kappa shape index (κ1) is 21.4. The van der Waals surface area contributed by atoms with Crippen LogP contribution in [0.15, 0.2) is 42.7 Å². The van der Waals surface area contributed by atoms with Gasteiger partial charge in [-0.15, -0.1) is 0 Å². The Bertz CT molecular complexity index is 1310. The third-order valence-electron chi connectivity index (χ3n) is 6.81. The van der Waals surface area contributed by atoms with Gasteiger partial charge in [-0.3, -0.25) is 14.6 Å². The molecule has 2 aromatic carbocycles. The molecule has 1 amide bonds. The van der Waals surface area contributed by atoms with Crippen LogP contribution in [0.3, 0.4) is 0 Å². The molecule has 170 valence electrons. The third-order valence-corrected chi connectivity index (χ3v) is 6.81. The Kier molecular flexibility index (Phi) is 5.50. The number of H-pyrrole nitrogens is 1. The number of aromatic nitrogens is 4. The largest absolute Gasteiger partial charge is 0.321 e. The Labute approximate surface area is 193 Å². The first-order valence-electron chi connectivity index (χ1n) is 11.5. The SMILES string of the molecule is Cc1cc2[nH]nc(-c3cnn(C4CCN(C)CC4)c3)c2cc1C(=O)Nc1c(C)cccc1C. The van der Waals surface area contributed by atoms with E-state index in [0.717, 1.165) is 70.5 Å². The quantitative estimate of drug-likeness (QED) is 0.473. The number of amides is 1. The van der Waals surface area contributed by atoms with Crippen LogP contribution in [0.2, 0.25) is 0 Å². The van der Waals surface area contributed by atoms with E-state index in [4.69, 9.17) is 0 Å². The normalized spacial score (nSPS) is 15.3. The van der Waals surface area contributed by atoms with Crippen molar-refractivity contribution in [2.75, 3.05) is 25.5 Å².